The highest BCUT2D eigenvalue weighted by atomic mass is 16.6. The van der Waals surface area contributed by atoms with Gasteiger partial charge in [0.25, 0.3) is 5.91 Å². The predicted octanol–water partition coefficient (Wildman–Crippen LogP) is 1.82. The molecule has 0 saturated heterocycles. The van der Waals surface area contributed by atoms with Gasteiger partial charge in [-0.15, -0.1) is 0 Å². The summed E-state index contributed by atoms with van der Waals surface area (Å²) in [5.74, 6) is 0.531. The molecule has 0 atom stereocenters. The third kappa shape index (κ3) is 3.10. The normalized spacial score (nSPS) is 12.4. The number of carbonyl (C=O) groups is 2. The minimum Gasteiger partial charge on any atom is -0.493 e. The molecule has 2 aromatic rings. The molecular weight excluding hydrogens is 312 g/mol. The van der Waals surface area contributed by atoms with E-state index < -0.39 is 5.91 Å². The number of methoxy groups -OCH3 is 1. The molecule has 0 radical (unpaired) electrons. The van der Waals surface area contributed by atoms with Crippen molar-refractivity contribution in [2.24, 2.45) is 5.73 Å². The van der Waals surface area contributed by atoms with Gasteiger partial charge in [0, 0.05) is 16.8 Å². The number of benzene rings is 2. The quantitative estimate of drug-likeness (QED) is 0.892. The first-order chi connectivity index (χ1) is 11.6. The van der Waals surface area contributed by atoms with E-state index in [1.807, 2.05) is 0 Å². The second kappa shape index (κ2) is 6.49. The van der Waals surface area contributed by atoms with Crippen LogP contribution in [0.3, 0.4) is 0 Å². The highest BCUT2D eigenvalue weighted by molar-refractivity contribution is 6.05. The van der Waals surface area contributed by atoms with Crippen molar-refractivity contribution in [3.05, 3.63) is 47.5 Å². The van der Waals surface area contributed by atoms with E-state index in [0.717, 1.165) is 0 Å². The summed E-state index contributed by atoms with van der Waals surface area (Å²) in [6.45, 7) is 0.844. The third-order valence-corrected chi connectivity index (χ3v) is 3.52. The average molecular weight is 328 g/mol. The van der Waals surface area contributed by atoms with Gasteiger partial charge in [-0.1, -0.05) is 0 Å². The summed E-state index contributed by atoms with van der Waals surface area (Å²) in [6.07, 6.45) is 0. The highest BCUT2D eigenvalue weighted by Crippen LogP contribution is 2.40. The SMILES string of the molecule is COc1cc(C(=O)Nc2ccc(C(N)=O)cc2)cc2c1OCCO2. The minimum absolute atomic E-state index is 0.336. The average Bonchev–Trinajstić information content (AvgIpc) is 2.61. The maximum absolute atomic E-state index is 12.4. The van der Waals surface area contributed by atoms with Gasteiger partial charge in [0.05, 0.1) is 7.11 Å². The van der Waals surface area contributed by atoms with Gasteiger partial charge in [-0.05, 0) is 36.4 Å². The molecule has 1 heterocycles. The molecule has 124 valence electrons. The van der Waals surface area contributed by atoms with Gasteiger partial charge in [0.1, 0.15) is 13.2 Å². The van der Waals surface area contributed by atoms with Crippen LogP contribution in [-0.2, 0) is 0 Å². The predicted molar refractivity (Wildman–Crippen MR) is 86.9 cm³/mol. The molecule has 2 aromatic carbocycles. The lowest BCUT2D eigenvalue weighted by atomic mass is 10.1. The van der Waals surface area contributed by atoms with Crippen molar-refractivity contribution in [1.29, 1.82) is 0 Å². The number of rotatable bonds is 4. The molecule has 3 N–H and O–H groups in total. The number of hydrogen-bond acceptors (Lipinski definition) is 5. The number of nitrogens with one attached hydrogen (secondary N) is 1. The molecule has 0 saturated carbocycles. The second-order valence-electron chi connectivity index (χ2n) is 5.10. The Morgan fingerprint density at radius 2 is 1.79 bits per heavy atom. The van der Waals surface area contributed by atoms with Gasteiger partial charge < -0.3 is 25.3 Å². The molecule has 0 fully saturated rings. The van der Waals surface area contributed by atoms with Crippen LogP contribution in [0.4, 0.5) is 5.69 Å². The Morgan fingerprint density at radius 3 is 2.46 bits per heavy atom. The summed E-state index contributed by atoms with van der Waals surface area (Å²) < 4.78 is 16.3. The van der Waals surface area contributed by atoms with Gasteiger partial charge in [-0.25, -0.2) is 0 Å². The third-order valence-electron chi connectivity index (χ3n) is 3.52. The van der Waals surface area contributed by atoms with E-state index in [0.29, 0.717) is 47.3 Å². The fourth-order valence-electron chi connectivity index (χ4n) is 2.33. The number of hydrogen-bond donors (Lipinski definition) is 2. The Balaban J connectivity index is 1.83. The molecule has 0 aromatic heterocycles. The Bertz CT molecular complexity index is 769. The highest BCUT2D eigenvalue weighted by Gasteiger charge is 2.21. The van der Waals surface area contributed by atoms with E-state index >= 15 is 0 Å². The monoisotopic (exact) mass is 328 g/mol. The van der Waals surface area contributed by atoms with Crippen LogP contribution in [0.2, 0.25) is 0 Å². The van der Waals surface area contributed by atoms with Crippen LogP contribution >= 0.6 is 0 Å². The first-order valence-corrected chi connectivity index (χ1v) is 7.27. The first-order valence-electron chi connectivity index (χ1n) is 7.27. The zero-order valence-corrected chi connectivity index (χ0v) is 13.0. The standard InChI is InChI=1S/C17H16N2O5/c1-22-13-8-11(9-14-15(13)24-7-6-23-14)17(21)19-12-4-2-10(3-5-12)16(18)20/h2-5,8-9H,6-7H2,1H3,(H2,18,20)(H,19,21). The van der Waals surface area contributed by atoms with E-state index in [2.05, 4.69) is 5.32 Å². The van der Waals surface area contributed by atoms with Crippen LogP contribution in [0.15, 0.2) is 36.4 Å². The first kappa shape index (κ1) is 15.7. The number of anilines is 1. The molecule has 0 bridgehead atoms. The topological polar surface area (TPSA) is 99.9 Å². The molecule has 0 unspecified atom stereocenters. The van der Waals surface area contributed by atoms with Crippen molar-refractivity contribution in [2.45, 2.75) is 0 Å². The van der Waals surface area contributed by atoms with Crippen molar-refractivity contribution < 1.29 is 23.8 Å². The van der Waals surface area contributed by atoms with Crippen LogP contribution in [0.25, 0.3) is 0 Å². The molecule has 1 aliphatic rings. The van der Waals surface area contributed by atoms with Crippen molar-refractivity contribution in [1.82, 2.24) is 0 Å². The lowest BCUT2D eigenvalue weighted by Crippen LogP contribution is -2.18. The van der Waals surface area contributed by atoms with E-state index in [9.17, 15) is 9.59 Å². The number of amides is 2. The van der Waals surface area contributed by atoms with Gasteiger partial charge in [0.15, 0.2) is 11.5 Å². The van der Waals surface area contributed by atoms with Crippen LogP contribution in [0.1, 0.15) is 20.7 Å². The van der Waals surface area contributed by atoms with Crippen molar-refractivity contribution in [3.63, 3.8) is 0 Å². The van der Waals surface area contributed by atoms with Gasteiger partial charge in [0.2, 0.25) is 11.7 Å². The Morgan fingerprint density at radius 1 is 1.08 bits per heavy atom. The maximum Gasteiger partial charge on any atom is 0.255 e. The summed E-state index contributed by atoms with van der Waals surface area (Å²) in [7, 11) is 1.50. The molecule has 1 aliphatic heterocycles. The van der Waals surface area contributed by atoms with Crippen molar-refractivity contribution in [2.75, 3.05) is 25.6 Å². The van der Waals surface area contributed by atoms with Crippen LogP contribution < -0.4 is 25.3 Å². The smallest absolute Gasteiger partial charge is 0.255 e. The van der Waals surface area contributed by atoms with Crippen molar-refractivity contribution in [3.8, 4) is 17.2 Å². The number of carbonyl (C=O) groups excluding carboxylic acids is 2. The molecule has 0 aliphatic carbocycles. The molecule has 7 nitrogen and oxygen atoms in total. The summed E-state index contributed by atoms with van der Waals surface area (Å²) >= 11 is 0. The number of ether oxygens (including phenoxy) is 3. The zero-order valence-electron chi connectivity index (χ0n) is 13.0. The van der Waals surface area contributed by atoms with E-state index in [-0.39, 0.29) is 5.91 Å². The maximum atomic E-state index is 12.4. The fraction of sp³-hybridized carbons (Fsp3) is 0.176. The summed E-state index contributed by atoms with van der Waals surface area (Å²) in [5, 5.41) is 2.74. The molecular formula is C17H16N2O5. The van der Waals surface area contributed by atoms with Crippen LogP contribution in [0.5, 0.6) is 17.2 Å². The Kier molecular flexibility index (Phi) is 4.24. The summed E-state index contributed by atoms with van der Waals surface area (Å²) in [4.78, 5) is 23.5. The molecule has 24 heavy (non-hydrogen) atoms. The Labute approximate surface area is 138 Å². The summed E-state index contributed by atoms with van der Waals surface area (Å²) in [6, 6.07) is 9.48. The van der Waals surface area contributed by atoms with E-state index in [1.54, 1.807) is 36.4 Å². The fourth-order valence-corrected chi connectivity index (χ4v) is 2.33. The molecule has 0 spiro atoms. The zero-order chi connectivity index (χ0) is 17.1. The van der Waals surface area contributed by atoms with Gasteiger partial charge >= 0.3 is 0 Å². The van der Waals surface area contributed by atoms with Crippen molar-refractivity contribution >= 4 is 17.5 Å². The lowest BCUT2D eigenvalue weighted by molar-refractivity contribution is 0.0998. The van der Waals surface area contributed by atoms with Gasteiger partial charge in [-0.2, -0.15) is 0 Å². The summed E-state index contributed by atoms with van der Waals surface area (Å²) in [5.41, 5.74) is 6.47. The number of primary amides is 1. The number of nitrogens with two attached hydrogens (primary N) is 1. The van der Waals surface area contributed by atoms with Crippen LogP contribution in [0, 0.1) is 0 Å². The Hall–Kier alpha value is -3.22. The largest absolute Gasteiger partial charge is 0.493 e. The van der Waals surface area contributed by atoms with Crippen LogP contribution in [-0.4, -0.2) is 32.1 Å². The molecule has 2 amide bonds. The molecule has 3 rings (SSSR count). The van der Waals surface area contributed by atoms with E-state index in [4.69, 9.17) is 19.9 Å². The van der Waals surface area contributed by atoms with Gasteiger partial charge in [-0.3, -0.25) is 9.59 Å². The van der Waals surface area contributed by atoms with E-state index in [1.165, 1.54) is 7.11 Å². The minimum atomic E-state index is -0.524. The molecule has 7 heteroatoms. The lowest BCUT2D eigenvalue weighted by Gasteiger charge is -2.21. The number of fused-ring (bicyclic) bond motifs is 1. The second-order valence-corrected chi connectivity index (χ2v) is 5.10.